The second-order valence-corrected chi connectivity index (χ2v) is 5.09. The highest BCUT2D eigenvalue weighted by molar-refractivity contribution is 5.89. The molecule has 0 radical (unpaired) electrons. The van der Waals surface area contributed by atoms with Gasteiger partial charge in [0, 0.05) is 0 Å². The average Bonchev–Trinajstić information content (AvgIpc) is 3.03. The summed E-state index contributed by atoms with van der Waals surface area (Å²) in [5.41, 5.74) is 0.794. The molecule has 0 unspecified atom stereocenters. The Bertz CT molecular complexity index is 848. The Morgan fingerprint density at radius 2 is 1.64 bits per heavy atom. The van der Waals surface area contributed by atoms with E-state index in [1.165, 1.54) is 36.4 Å². The van der Waals surface area contributed by atoms with Gasteiger partial charge < -0.3 is 9.15 Å². The molecule has 0 spiro atoms. The average molecular weight is 345 g/mol. The lowest BCUT2D eigenvalue weighted by molar-refractivity contribution is -0.118. The maximum absolute atomic E-state index is 12.9. The molecule has 2 aromatic carbocycles. The van der Waals surface area contributed by atoms with Crippen LogP contribution in [0, 0.1) is 11.6 Å². The Balaban J connectivity index is 1.51. The van der Waals surface area contributed by atoms with Crippen LogP contribution in [0.1, 0.15) is 11.5 Å². The summed E-state index contributed by atoms with van der Waals surface area (Å²) in [5, 5.41) is 9.92. The number of hydrogen-bond donors (Lipinski definition) is 1. The first-order chi connectivity index (χ1) is 12.1. The largest absolute Gasteiger partial charge is 0.484 e. The molecule has 1 amide bonds. The SMILES string of the molecule is O=C(COc1ccc(F)cc1)Nc1nnc(Cc2ccc(F)cc2)o1. The van der Waals surface area contributed by atoms with Crippen LogP contribution in [0.4, 0.5) is 14.8 Å². The minimum Gasteiger partial charge on any atom is -0.484 e. The summed E-state index contributed by atoms with van der Waals surface area (Å²) < 4.78 is 36.1. The molecule has 128 valence electrons. The van der Waals surface area contributed by atoms with Crippen LogP contribution in [0.2, 0.25) is 0 Å². The van der Waals surface area contributed by atoms with E-state index in [1.54, 1.807) is 12.1 Å². The molecule has 6 nitrogen and oxygen atoms in total. The van der Waals surface area contributed by atoms with Gasteiger partial charge in [0.25, 0.3) is 5.91 Å². The van der Waals surface area contributed by atoms with E-state index in [-0.39, 0.29) is 24.3 Å². The summed E-state index contributed by atoms with van der Waals surface area (Å²) in [6.45, 7) is -0.290. The van der Waals surface area contributed by atoms with E-state index in [0.717, 1.165) is 5.56 Å². The standard InChI is InChI=1S/C17H13F2N3O3/c18-12-3-1-11(2-4-12)9-16-21-22-17(25-16)20-15(23)10-24-14-7-5-13(19)6-8-14/h1-8H,9-10H2,(H,20,22,23). The Morgan fingerprint density at radius 3 is 2.32 bits per heavy atom. The maximum atomic E-state index is 12.9. The lowest BCUT2D eigenvalue weighted by Crippen LogP contribution is -2.20. The number of benzene rings is 2. The normalized spacial score (nSPS) is 10.5. The van der Waals surface area contributed by atoms with E-state index in [1.807, 2.05) is 0 Å². The van der Waals surface area contributed by atoms with Gasteiger partial charge in [-0.1, -0.05) is 17.2 Å². The highest BCUT2D eigenvalue weighted by Crippen LogP contribution is 2.13. The molecule has 1 N–H and O–H groups in total. The fourth-order valence-corrected chi connectivity index (χ4v) is 1.99. The minimum atomic E-state index is -0.499. The lowest BCUT2D eigenvalue weighted by Gasteiger charge is -2.04. The first-order valence-corrected chi connectivity index (χ1v) is 7.33. The summed E-state index contributed by atoms with van der Waals surface area (Å²) in [4.78, 5) is 11.8. The fraction of sp³-hybridized carbons (Fsp3) is 0.118. The van der Waals surface area contributed by atoms with Gasteiger partial charge in [0.2, 0.25) is 5.89 Å². The molecule has 0 saturated carbocycles. The quantitative estimate of drug-likeness (QED) is 0.743. The van der Waals surface area contributed by atoms with Crippen LogP contribution >= 0.6 is 0 Å². The summed E-state index contributed by atoms with van der Waals surface area (Å²) >= 11 is 0. The summed E-state index contributed by atoms with van der Waals surface area (Å²) in [5.74, 6) is -0.582. The highest BCUT2D eigenvalue weighted by atomic mass is 19.1. The molecule has 0 aliphatic heterocycles. The number of anilines is 1. The van der Waals surface area contributed by atoms with Crippen LogP contribution in [0.15, 0.2) is 52.9 Å². The van der Waals surface area contributed by atoms with E-state index in [0.29, 0.717) is 12.2 Å². The van der Waals surface area contributed by atoms with Gasteiger partial charge >= 0.3 is 6.01 Å². The van der Waals surface area contributed by atoms with Crippen molar-refractivity contribution in [3.8, 4) is 5.75 Å². The predicted molar refractivity (Wildman–Crippen MR) is 84.0 cm³/mol. The van der Waals surface area contributed by atoms with Gasteiger partial charge in [-0.25, -0.2) is 8.78 Å². The third-order valence-corrected chi connectivity index (χ3v) is 3.17. The Hall–Kier alpha value is -3.29. The van der Waals surface area contributed by atoms with Crippen LogP contribution in [-0.2, 0) is 11.2 Å². The van der Waals surface area contributed by atoms with E-state index in [9.17, 15) is 13.6 Å². The zero-order chi connectivity index (χ0) is 17.6. The fourth-order valence-electron chi connectivity index (χ4n) is 1.99. The van der Waals surface area contributed by atoms with Crippen molar-refractivity contribution < 1.29 is 22.7 Å². The van der Waals surface area contributed by atoms with Gasteiger partial charge in [-0.2, -0.15) is 0 Å². The number of ether oxygens (including phenoxy) is 1. The molecule has 1 heterocycles. The molecular weight excluding hydrogens is 332 g/mol. The van der Waals surface area contributed by atoms with Crippen molar-refractivity contribution in [1.82, 2.24) is 10.2 Å². The Labute approximate surface area is 141 Å². The molecule has 0 aliphatic rings. The molecule has 3 rings (SSSR count). The number of nitrogens with zero attached hydrogens (tertiary/aromatic N) is 2. The van der Waals surface area contributed by atoms with Gasteiger partial charge in [0.15, 0.2) is 6.61 Å². The number of amides is 1. The second kappa shape index (κ2) is 7.52. The van der Waals surface area contributed by atoms with Gasteiger partial charge in [-0.15, -0.1) is 5.10 Å². The van der Waals surface area contributed by atoms with Crippen molar-refractivity contribution >= 4 is 11.9 Å². The summed E-state index contributed by atoms with van der Waals surface area (Å²) in [6, 6.07) is 11.1. The molecule has 0 fully saturated rings. The number of aromatic nitrogens is 2. The van der Waals surface area contributed by atoms with Crippen molar-refractivity contribution in [1.29, 1.82) is 0 Å². The van der Waals surface area contributed by atoms with Gasteiger partial charge in [0.05, 0.1) is 6.42 Å². The third-order valence-electron chi connectivity index (χ3n) is 3.17. The molecule has 0 aliphatic carbocycles. The number of halogens is 2. The zero-order valence-electron chi connectivity index (χ0n) is 12.9. The van der Waals surface area contributed by atoms with E-state index >= 15 is 0 Å². The molecule has 0 saturated heterocycles. The van der Waals surface area contributed by atoms with Crippen LogP contribution in [0.3, 0.4) is 0 Å². The molecule has 8 heteroatoms. The molecule has 0 atom stereocenters. The Kier molecular flexibility index (Phi) is 4.98. The van der Waals surface area contributed by atoms with Crippen LogP contribution < -0.4 is 10.1 Å². The van der Waals surface area contributed by atoms with E-state index < -0.39 is 11.7 Å². The molecule has 3 aromatic rings. The summed E-state index contributed by atoms with van der Waals surface area (Å²) in [7, 11) is 0. The summed E-state index contributed by atoms with van der Waals surface area (Å²) in [6.07, 6.45) is 0.315. The number of carbonyl (C=O) groups excluding carboxylic acids is 1. The van der Waals surface area contributed by atoms with Crippen molar-refractivity contribution in [3.63, 3.8) is 0 Å². The topological polar surface area (TPSA) is 77.2 Å². The van der Waals surface area contributed by atoms with E-state index in [4.69, 9.17) is 9.15 Å². The van der Waals surface area contributed by atoms with Gasteiger partial charge in [-0.3, -0.25) is 10.1 Å². The first kappa shape index (κ1) is 16.6. The lowest BCUT2D eigenvalue weighted by atomic mass is 10.1. The molecule has 25 heavy (non-hydrogen) atoms. The predicted octanol–water partition coefficient (Wildman–Crippen LogP) is 2.96. The molecule has 1 aromatic heterocycles. The number of nitrogens with one attached hydrogen (secondary N) is 1. The minimum absolute atomic E-state index is 0.0650. The number of carbonyl (C=O) groups is 1. The zero-order valence-corrected chi connectivity index (χ0v) is 12.9. The van der Waals surface area contributed by atoms with Crippen LogP contribution in [0.5, 0.6) is 5.75 Å². The molecular formula is C17H13F2N3O3. The van der Waals surface area contributed by atoms with Gasteiger partial charge in [-0.05, 0) is 42.0 Å². The second-order valence-electron chi connectivity index (χ2n) is 5.09. The van der Waals surface area contributed by atoms with Crippen LogP contribution in [0.25, 0.3) is 0 Å². The van der Waals surface area contributed by atoms with Crippen LogP contribution in [-0.4, -0.2) is 22.7 Å². The van der Waals surface area contributed by atoms with E-state index in [2.05, 4.69) is 15.5 Å². The van der Waals surface area contributed by atoms with Crippen molar-refractivity contribution in [2.45, 2.75) is 6.42 Å². The van der Waals surface area contributed by atoms with Crippen molar-refractivity contribution in [2.75, 3.05) is 11.9 Å². The monoisotopic (exact) mass is 345 g/mol. The first-order valence-electron chi connectivity index (χ1n) is 7.33. The third kappa shape index (κ3) is 4.84. The molecule has 0 bridgehead atoms. The van der Waals surface area contributed by atoms with Crippen molar-refractivity contribution in [2.24, 2.45) is 0 Å². The highest BCUT2D eigenvalue weighted by Gasteiger charge is 2.11. The van der Waals surface area contributed by atoms with Crippen molar-refractivity contribution in [3.05, 3.63) is 71.6 Å². The number of rotatable bonds is 6. The smallest absolute Gasteiger partial charge is 0.322 e. The van der Waals surface area contributed by atoms with Gasteiger partial charge in [0.1, 0.15) is 17.4 Å². The Morgan fingerprint density at radius 1 is 1.00 bits per heavy atom. The number of hydrogen-bond acceptors (Lipinski definition) is 5. The maximum Gasteiger partial charge on any atom is 0.322 e.